The molecule has 0 bridgehead atoms. The van der Waals surface area contributed by atoms with Crippen LogP contribution in [0.3, 0.4) is 0 Å². The lowest BCUT2D eigenvalue weighted by Gasteiger charge is -2.13. The molecule has 0 radical (unpaired) electrons. The number of nitrogens with two attached hydrogens (primary N) is 1. The van der Waals surface area contributed by atoms with E-state index >= 15 is 0 Å². The Hall–Kier alpha value is -3.37. The lowest BCUT2D eigenvalue weighted by atomic mass is 10.0. The molecule has 0 atom stereocenters. The van der Waals surface area contributed by atoms with Crippen molar-refractivity contribution >= 4 is 0 Å². The monoisotopic (exact) mass is 355 g/mol. The van der Waals surface area contributed by atoms with Gasteiger partial charge in [0.2, 0.25) is 0 Å². The van der Waals surface area contributed by atoms with Gasteiger partial charge in [-0.3, -0.25) is 0 Å². The summed E-state index contributed by atoms with van der Waals surface area (Å²) in [5.74, 6) is 0.839. The molecule has 0 amide bonds. The Morgan fingerprint density at radius 2 is 1.56 bits per heavy atom. The Balaban J connectivity index is 1.88. The van der Waals surface area contributed by atoms with Crippen molar-refractivity contribution in [2.45, 2.75) is 6.54 Å². The zero-order chi connectivity index (χ0) is 18.6. The first-order chi connectivity index (χ1) is 13.3. The largest absolute Gasteiger partial charge is 0.497 e. The van der Waals surface area contributed by atoms with E-state index in [0.717, 1.165) is 39.5 Å². The van der Waals surface area contributed by atoms with Crippen molar-refractivity contribution in [1.82, 2.24) is 9.78 Å². The molecular formula is C23H21N3O. The van der Waals surface area contributed by atoms with Crippen molar-refractivity contribution in [3.63, 3.8) is 0 Å². The van der Waals surface area contributed by atoms with E-state index in [1.54, 1.807) is 7.11 Å². The lowest BCUT2D eigenvalue weighted by Crippen LogP contribution is -2.03. The van der Waals surface area contributed by atoms with Gasteiger partial charge in [0.05, 0.1) is 24.2 Å². The molecule has 0 spiro atoms. The summed E-state index contributed by atoms with van der Waals surface area (Å²) in [6, 6.07) is 28.6. The van der Waals surface area contributed by atoms with Crippen LogP contribution in [-0.2, 0) is 6.54 Å². The molecule has 0 aliphatic carbocycles. The van der Waals surface area contributed by atoms with Gasteiger partial charge in [0, 0.05) is 17.7 Å². The molecule has 134 valence electrons. The number of para-hydroxylation sites is 1. The van der Waals surface area contributed by atoms with E-state index in [-0.39, 0.29) is 0 Å². The molecule has 0 saturated heterocycles. The summed E-state index contributed by atoms with van der Waals surface area (Å²) < 4.78 is 7.27. The second kappa shape index (κ2) is 7.48. The first-order valence-electron chi connectivity index (χ1n) is 8.88. The summed E-state index contributed by atoms with van der Waals surface area (Å²) in [6.45, 7) is 0.400. The molecule has 0 saturated carbocycles. The van der Waals surface area contributed by atoms with Crippen molar-refractivity contribution in [2.75, 3.05) is 7.11 Å². The first kappa shape index (κ1) is 17.1. The maximum Gasteiger partial charge on any atom is 0.118 e. The Morgan fingerprint density at radius 3 is 2.26 bits per heavy atom. The van der Waals surface area contributed by atoms with Gasteiger partial charge >= 0.3 is 0 Å². The maximum absolute atomic E-state index is 5.88. The highest BCUT2D eigenvalue weighted by atomic mass is 16.5. The molecule has 0 aliphatic heterocycles. The predicted molar refractivity (Wildman–Crippen MR) is 109 cm³/mol. The standard InChI is InChI=1S/C23H21N3O/c1-27-20-13-11-17(12-14-20)21-9-5-6-10-22(21)26-23(15-19(16-24)25-26)18-7-3-2-4-8-18/h2-15H,16,24H2,1H3. The van der Waals surface area contributed by atoms with Gasteiger partial charge in [0.15, 0.2) is 0 Å². The minimum absolute atomic E-state index is 0.400. The first-order valence-corrected chi connectivity index (χ1v) is 8.88. The van der Waals surface area contributed by atoms with Crippen LogP contribution in [0.25, 0.3) is 28.1 Å². The van der Waals surface area contributed by atoms with E-state index in [1.807, 2.05) is 47.1 Å². The molecule has 0 aliphatic rings. The predicted octanol–water partition coefficient (Wildman–Crippen LogP) is 4.67. The quantitative estimate of drug-likeness (QED) is 0.566. The summed E-state index contributed by atoms with van der Waals surface area (Å²) in [5, 5.41) is 4.76. The Bertz CT molecular complexity index is 1040. The third-order valence-corrected chi connectivity index (χ3v) is 4.57. The van der Waals surface area contributed by atoms with Crippen molar-refractivity contribution in [3.8, 4) is 33.8 Å². The molecule has 1 heterocycles. The van der Waals surface area contributed by atoms with Gasteiger partial charge in [-0.05, 0) is 29.8 Å². The molecular weight excluding hydrogens is 334 g/mol. The number of ether oxygens (including phenoxy) is 1. The fraction of sp³-hybridized carbons (Fsp3) is 0.0870. The van der Waals surface area contributed by atoms with Gasteiger partial charge in [-0.15, -0.1) is 0 Å². The average Bonchev–Trinajstić information content (AvgIpc) is 3.19. The zero-order valence-corrected chi connectivity index (χ0v) is 15.2. The second-order valence-electron chi connectivity index (χ2n) is 6.25. The molecule has 2 N–H and O–H groups in total. The number of nitrogens with zero attached hydrogens (tertiary/aromatic N) is 2. The fourth-order valence-electron chi connectivity index (χ4n) is 3.20. The van der Waals surface area contributed by atoms with Crippen LogP contribution in [0.2, 0.25) is 0 Å². The smallest absolute Gasteiger partial charge is 0.118 e. The molecule has 4 heteroatoms. The third kappa shape index (κ3) is 3.35. The van der Waals surface area contributed by atoms with Crippen LogP contribution in [-0.4, -0.2) is 16.9 Å². The van der Waals surface area contributed by atoms with E-state index in [0.29, 0.717) is 6.54 Å². The highest BCUT2D eigenvalue weighted by molar-refractivity contribution is 5.75. The molecule has 0 unspecified atom stereocenters. The molecule has 4 aromatic rings. The topological polar surface area (TPSA) is 53.1 Å². The van der Waals surface area contributed by atoms with Crippen LogP contribution in [0.5, 0.6) is 5.75 Å². The van der Waals surface area contributed by atoms with Crippen molar-refractivity contribution < 1.29 is 4.74 Å². The van der Waals surface area contributed by atoms with Crippen molar-refractivity contribution in [2.24, 2.45) is 5.73 Å². The van der Waals surface area contributed by atoms with E-state index in [9.17, 15) is 0 Å². The third-order valence-electron chi connectivity index (χ3n) is 4.57. The minimum Gasteiger partial charge on any atom is -0.497 e. The van der Waals surface area contributed by atoms with Crippen LogP contribution in [0.1, 0.15) is 5.69 Å². The Kier molecular flexibility index (Phi) is 4.73. The number of rotatable bonds is 5. The molecule has 27 heavy (non-hydrogen) atoms. The number of methoxy groups -OCH3 is 1. The van der Waals surface area contributed by atoms with E-state index < -0.39 is 0 Å². The van der Waals surface area contributed by atoms with Crippen molar-refractivity contribution in [3.05, 3.63) is 90.6 Å². The average molecular weight is 355 g/mol. The van der Waals surface area contributed by atoms with Gasteiger partial charge in [0.1, 0.15) is 5.75 Å². The highest BCUT2D eigenvalue weighted by Gasteiger charge is 2.14. The molecule has 3 aromatic carbocycles. The number of hydrogen-bond donors (Lipinski definition) is 1. The molecule has 4 nitrogen and oxygen atoms in total. The molecule has 0 fully saturated rings. The number of benzene rings is 3. The number of hydrogen-bond acceptors (Lipinski definition) is 3. The Morgan fingerprint density at radius 1 is 0.852 bits per heavy atom. The summed E-state index contributed by atoms with van der Waals surface area (Å²) >= 11 is 0. The van der Waals surface area contributed by atoms with Crippen LogP contribution >= 0.6 is 0 Å². The van der Waals surface area contributed by atoms with Crippen LogP contribution in [0.15, 0.2) is 84.9 Å². The number of aromatic nitrogens is 2. The van der Waals surface area contributed by atoms with Crippen molar-refractivity contribution in [1.29, 1.82) is 0 Å². The van der Waals surface area contributed by atoms with Gasteiger partial charge in [-0.2, -0.15) is 5.10 Å². The molecule has 1 aromatic heterocycles. The second-order valence-corrected chi connectivity index (χ2v) is 6.25. The minimum atomic E-state index is 0.400. The summed E-state index contributed by atoms with van der Waals surface area (Å²) in [4.78, 5) is 0. The molecule has 4 rings (SSSR count). The summed E-state index contributed by atoms with van der Waals surface area (Å²) in [7, 11) is 1.67. The summed E-state index contributed by atoms with van der Waals surface area (Å²) in [6.07, 6.45) is 0. The van der Waals surface area contributed by atoms with Gasteiger partial charge < -0.3 is 10.5 Å². The van der Waals surface area contributed by atoms with Crippen LogP contribution < -0.4 is 10.5 Å². The van der Waals surface area contributed by atoms with E-state index in [1.165, 1.54) is 0 Å². The fourth-order valence-corrected chi connectivity index (χ4v) is 3.20. The Labute approximate surface area is 158 Å². The summed E-state index contributed by atoms with van der Waals surface area (Å²) in [5.41, 5.74) is 12.1. The SMILES string of the molecule is COc1ccc(-c2ccccc2-n2nc(CN)cc2-c2ccccc2)cc1. The normalized spacial score (nSPS) is 10.7. The van der Waals surface area contributed by atoms with E-state index in [4.69, 9.17) is 15.6 Å². The van der Waals surface area contributed by atoms with Gasteiger partial charge in [0.25, 0.3) is 0 Å². The zero-order valence-electron chi connectivity index (χ0n) is 15.2. The van der Waals surface area contributed by atoms with Crippen LogP contribution in [0.4, 0.5) is 0 Å². The van der Waals surface area contributed by atoms with Crippen LogP contribution in [0, 0.1) is 0 Å². The van der Waals surface area contributed by atoms with Gasteiger partial charge in [-0.1, -0.05) is 60.7 Å². The highest BCUT2D eigenvalue weighted by Crippen LogP contribution is 2.31. The lowest BCUT2D eigenvalue weighted by molar-refractivity contribution is 0.415. The van der Waals surface area contributed by atoms with Gasteiger partial charge in [-0.25, -0.2) is 4.68 Å². The van der Waals surface area contributed by atoms with E-state index in [2.05, 4.69) is 42.5 Å². The maximum atomic E-state index is 5.88.